The van der Waals surface area contributed by atoms with Crippen LogP contribution in [0.15, 0.2) is 108 Å². The monoisotopic (exact) mass is 645 g/mol. The number of anilines is 1. The van der Waals surface area contributed by atoms with Gasteiger partial charge in [0.25, 0.3) is 10.0 Å². The maximum absolute atomic E-state index is 14.6. The molecule has 0 aliphatic carbocycles. The van der Waals surface area contributed by atoms with Crippen molar-refractivity contribution >= 4 is 39.1 Å². The molecule has 0 aromatic heterocycles. The summed E-state index contributed by atoms with van der Waals surface area (Å²) in [6.45, 7) is 9.00. The highest BCUT2D eigenvalue weighted by atomic mass is 35.5. The average molecular weight is 646 g/mol. The van der Waals surface area contributed by atoms with Crippen LogP contribution in [0.4, 0.5) is 5.69 Å². The Morgan fingerprint density at radius 2 is 1.44 bits per heavy atom. The van der Waals surface area contributed by atoms with E-state index in [0.29, 0.717) is 16.3 Å². The van der Waals surface area contributed by atoms with Gasteiger partial charge in [-0.25, -0.2) is 8.42 Å². The number of carbonyl (C=O) groups excluding carboxylic acids is 2. The summed E-state index contributed by atoms with van der Waals surface area (Å²) in [6.07, 6.45) is 0.245. The van der Waals surface area contributed by atoms with Gasteiger partial charge in [-0.05, 0) is 81.6 Å². The minimum absolute atomic E-state index is 0.000464. The fraction of sp³-hybridized carbons (Fsp3) is 0.278. The number of benzene rings is 4. The average Bonchev–Trinajstić information content (AvgIpc) is 2.98. The summed E-state index contributed by atoms with van der Waals surface area (Å²) >= 11 is 6.07. The highest BCUT2D eigenvalue weighted by molar-refractivity contribution is 7.92. The van der Waals surface area contributed by atoms with E-state index in [9.17, 15) is 18.0 Å². The maximum atomic E-state index is 14.6. The van der Waals surface area contributed by atoms with E-state index in [4.69, 9.17) is 11.6 Å². The summed E-state index contributed by atoms with van der Waals surface area (Å²) in [4.78, 5) is 30.1. The molecule has 0 bridgehead atoms. The van der Waals surface area contributed by atoms with Crippen LogP contribution in [0, 0.1) is 13.8 Å². The largest absolute Gasteiger partial charge is 0.350 e. The lowest BCUT2D eigenvalue weighted by Crippen LogP contribution is -2.56. The lowest BCUT2D eigenvalue weighted by Gasteiger charge is -2.35. The van der Waals surface area contributed by atoms with Crippen molar-refractivity contribution in [1.29, 1.82) is 0 Å². The third-order valence-corrected chi connectivity index (χ3v) is 9.30. The second-order valence-electron chi connectivity index (χ2n) is 12.2. The molecule has 0 radical (unpaired) electrons. The van der Waals surface area contributed by atoms with Crippen molar-refractivity contribution in [2.75, 3.05) is 10.8 Å². The number of hydrogen-bond donors (Lipinski definition) is 1. The van der Waals surface area contributed by atoms with Gasteiger partial charge in [0, 0.05) is 23.5 Å². The summed E-state index contributed by atoms with van der Waals surface area (Å²) in [6, 6.07) is 29.2. The number of rotatable bonds is 11. The Morgan fingerprint density at radius 1 is 0.822 bits per heavy atom. The number of nitrogens with one attached hydrogen (secondary N) is 1. The molecular weight excluding hydrogens is 606 g/mol. The van der Waals surface area contributed by atoms with Gasteiger partial charge in [-0.3, -0.25) is 13.9 Å². The minimum Gasteiger partial charge on any atom is -0.350 e. The minimum atomic E-state index is -4.21. The molecule has 7 nitrogen and oxygen atoms in total. The van der Waals surface area contributed by atoms with E-state index in [-0.39, 0.29) is 23.8 Å². The smallest absolute Gasteiger partial charge is 0.264 e. The number of amides is 2. The molecule has 1 N–H and O–H groups in total. The van der Waals surface area contributed by atoms with Gasteiger partial charge in [0.15, 0.2) is 0 Å². The first-order valence-electron chi connectivity index (χ1n) is 14.8. The first kappa shape index (κ1) is 33.7. The third-order valence-electron chi connectivity index (χ3n) is 7.27. The number of nitrogens with zero attached hydrogens (tertiary/aromatic N) is 2. The highest BCUT2D eigenvalue weighted by Gasteiger charge is 2.36. The first-order valence-corrected chi connectivity index (χ1v) is 16.6. The molecule has 0 aliphatic heterocycles. The molecule has 0 saturated heterocycles. The Balaban J connectivity index is 1.83. The number of carbonyl (C=O) groups is 2. The molecule has 0 spiro atoms. The van der Waals surface area contributed by atoms with Crippen molar-refractivity contribution in [3.05, 3.63) is 130 Å². The van der Waals surface area contributed by atoms with Crippen LogP contribution in [-0.4, -0.2) is 43.3 Å². The van der Waals surface area contributed by atoms with E-state index in [0.717, 1.165) is 21.0 Å². The number of sulfonamides is 1. The number of hydrogen-bond acceptors (Lipinski definition) is 4. The van der Waals surface area contributed by atoms with Gasteiger partial charge in [-0.15, -0.1) is 0 Å². The van der Waals surface area contributed by atoms with Crippen molar-refractivity contribution < 1.29 is 18.0 Å². The normalized spacial score (nSPS) is 12.3. The highest BCUT2D eigenvalue weighted by Crippen LogP contribution is 2.28. The van der Waals surface area contributed by atoms with Crippen molar-refractivity contribution in [2.45, 2.75) is 64.1 Å². The van der Waals surface area contributed by atoms with E-state index < -0.39 is 34.1 Å². The van der Waals surface area contributed by atoms with E-state index in [1.807, 2.05) is 88.4 Å². The molecule has 0 aliphatic rings. The number of aryl methyl sites for hydroxylation is 2. The maximum Gasteiger partial charge on any atom is 0.264 e. The number of para-hydroxylation sites is 1. The summed E-state index contributed by atoms with van der Waals surface area (Å²) in [5.74, 6) is -0.836. The van der Waals surface area contributed by atoms with Crippen molar-refractivity contribution in [1.82, 2.24) is 10.2 Å². The molecule has 1 atom stereocenters. The Bertz CT molecular complexity index is 1740. The zero-order valence-corrected chi connectivity index (χ0v) is 27.9. The zero-order chi connectivity index (χ0) is 32.8. The molecule has 0 saturated carbocycles. The summed E-state index contributed by atoms with van der Waals surface area (Å²) < 4.78 is 29.5. The Labute approximate surface area is 271 Å². The van der Waals surface area contributed by atoms with Crippen molar-refractivity contribution in [3.63, 3.8) is 0 Å². The van der Waals surface area contributed by atoms with Gasteiger partial charge in [0.1, 0.15) is 12.6 Å². The van der Waals surface area contributed by atoms with Gasteiger partial charge in [-0.1, -0.05) is 90.0 Å². The molecule has 0 fully saturated rings. The fourth-order valence-electron chi connectivity index (χ4n) is 5.10. The van der Waals surface area contributed by atoms with Gasteiger partial charge in [0.05, 0.1) is 10.6 Å². The quantitative estimate of drug-likeness (QED) is 0.197. The second kappa shape index (κ2) is 14.3. The first-order chi connectivity index (χ1) is 21.2. The Morgan fingerprint density at radius 3 is 2.07 bits per heavy atom. The van der Waals surface area contributed by atoms with Crippen LogP contribution in [0.2, 0.25) is 5.02 Å². The third kappa shape index (κ3) is 8.96. The molecule has 4 aromatic carbocycles. The fourth-order valence-corrected chi connectivity index (χ4v) is 6.71. The summed E-state index contributed by atoms with van der Waals surface area (Å²) in [7, 11) is -4.21. The van der Waals surface area contributed by atoms with Crippen LogP contribution >= 0.6 is 11.6 Å². The van der Waals surface area contributed by atoms with Crippen molar-refractivity contribution in [2.24, 2.45) is 0 Å². The number of halogens is 1. The van der Waals surface area contributed by atoms with E-state index in [1.165, 1.54) is 29.2 Å². The predicted octanol–water partition coefficient (Wildman–Crippen LogP) is 6.71. The van der Waals surface area contributed by atoms with E-state index in [2.05, 4.69) is 5.32 Å². The molecule has 9 heteroatoms. The molecule has 236 valence electrons. The molecule has 4 rings (SSSR count). The van der Waals surface area contributed by atoms with Crippen LogP contribution < -0.4 is 9.62 Å². The van der Waals surface area contributed by atoms with Crippen molar-refractivity contribution in [3.8, 4) is 0 Å². The van der Waals surface area contributed by atoms with Crippen LogP contribution in [0.3, 0.4) is 0 Å². The van der Waals surface area contributed by atoms with Gasteiger partial charge in [-0.2, -0.15) is 0 Å². The lowest BCUT2D eigenvalue weighted by molar-refractivity contribution is -0.140. The molecule has 1 unspecified atom stereocenters. The Hall–Kier alpha value is -4.14. The van der Waals surface area contributed by atoms with E-state index >= 15 is 0 Å². The topological polar surface area (TPSA) is 86.8 Å². The molecule has 0 heterocycles. The standard InChI is InChI=1S/C36H40ClN3O4S/c1-26-12-11-16-29(22-26)24-39(33(35(42)38-36(3,4)5)23-28-14-7-6-8-15-28)34(41)25-40(32-17-10-9-13-27(32)2)45(43,44)31-20-18-30(37)19-21-31/h6-22,33H,23-25H2,1-5H3,(H,38,42). The molecule has 4 aromatic rings. The van der Waals surface area contributed by atoms with E-state index in [1.54, 1.807) is 25.1 Å². The van der Waals surface area contributed by atoms with Crippen LogP contribution in [0.5, 0.6) is 0 Å². The summed E-state index contributed by atoms with van der Waals surface area (Å²) in [5, 5.41) is 3.44. The molecule has 2 amide bonds. The molecular formula is C36H40ClN3O4S. The van der Waals surface area contributed by atoms with Crippen LogP contribution in [0.1, 0.15) is 43.0 Å². The van der Waals surface area contributed by atoms with Gasteiger partial charge in [0.2, 0.25) is 11.8 Å². The predicted molar refractivity (Wildman–Crippen MR) is 181 cm³/mol. The van der Waals surface area contributed by atoms with Gasteiger partial charge >= 0.3 is 0 Å². The second-order valence-corrected chi connectivity index (χ2v) is 14.5. The van der Waals surface area contributed by atoms with Gasteiger partial charge < -0.3 is 10.2 Å². The zero-order valence-electron chi connectivity index (χ0n) is 26.3. The molecule has 45 heavy (non-hydrogen) atoms. The lowest BCUT2D eigenvalue weighted by atomic mass is 10.0. The Kier molecular flexibility index (Phi) is 10.7. The summed E-state index contributed by atoms with van der Waals surface area (Å²) in [5.41, 5.74) is 3.20. The van der Waals surface area contributed by atoms with Crippen LogP contribution in [-0.2, 0) is 32.6 Å². The SMILES string of the molecule is Cc1cccc(CN(C(=O)CN(c2ccccc2C)S(=O)(=O)c2ccc(Cl)cc2)C(Cc2ccccc2)C(=O)NC(C)(C)C)c1. The van der Waals surface area contributed by atoms with Crippen LogP contribution in [0.25, 0.3) is 0 Å².